The van der Waals surface area contributed by atoms with E-state index in [9.17, 15) is 0 Å². The molecule has 3 heterocycles. The van der Waals surface area contributed by atoms with Gasteiger partial charge in [-0.3, -0.25) is 4.98 Å². The summed E-state index contributed by atoms with van der Waals surface area (Å²) >= 11 is 0. The Morgan fingerprint density at radius 3 is 1.77 bits per heavy atom. The number of rotatable bonds is 6. The maximum Gasteiger partial charge on any atom is 0.160 e. The molecule has 0 N–H and O–H groups in total. The van der Waals surface area contributed by atoms with Crippen LogP contribution in [0.25, 0.3) is 94.8 Å². The van der Waals surface area contributed by atoms with Crippen LogP contribution in [0.15, 0.2) is 170 Å². The normalized spacial score (nSPS) is 15.8. The van der Waals surface area contributed by atoms with Crippen LogP contribution in [0.4, 0.5) is 0 Å². The molecule has 0 radical (unpaired) electrons. The number of pyridine rings is 2. The Kier molecular flexibility index (Phi) is 9.08. The Labute approximate surface area is 356 Å². The molecule has 2 aliphatic rings. The highest BCUT2D eigenvalue weighted by atomic mass is 14.9. The monoisotopic (exact) mass is 784 g/mol. The molecule has 11 rings (SSSR count). The third-order valence-corrected chi connectivity index (χ3v) is 12.8. The molecule has 0 spiro atoms. The van der Waals surface area contributed by atoms with Crippen LogP contribution in [0, 0.1) is 13.8 Å². The predicted octanol–water partition coefficient (Wildman–Crippen LogP) is 14.8. The molecule has 0 bridgehead atoms. The summed E-state index contributed by atoms with van der Waals surface area (Å²) < 4.78 is 0. The van der Waals surface area contributed by atoms with Crippen molar-refractivity contribution in [2.75, 3.05) is 0 Å². The summed E-state index contributed by atoms with van der Waals surface area (Å²) in [6, 6.07) is 48.9. The minimum atomic E-state index is 0.214. The SMILES string of the molecule is Cc1c2c3c(nc(C4C=CC=CC4)c2c(C)c2c1c(-c1ccccc1)nc1cc(-c4ccc(-c5nc(-c6ccccc6)cc(-c6ccccc6)n5)cc4)ccc12)C=CCC3C. The van der Waals surface area contributed by atoms with E-state index in [0.29, 0.717) is 11.7 Å². The molecular formula is C57H44N4. The number of aromatic nitrogens is 4. The third-order valence-electron chi connectivity index (χ3n) is 12.8. The summed E-state index contributed by atoms with van der Waals surface area (Å²) in [5.74, 6) is 1.28. The van der Waals surface area contributed by atoms with Gasteiger partial charge in [0.05, 0.1) is 34.0 Å². The Morgan fingerprint density at radius 1 is 0.492 bits per heavy atom. The van der Waals surface area contributed by atoms with Crippen molar-refractivity contribution in [1.29, 1.82) is 0 Å². The van der Waals surface area contributed by atoms with E-state index in [1.165, 1.54) is 43.9 Å². The lowest BCUT2D eigenvalue weighted by molar-refractivity contribution is 0.760. The molecule has 0 fully saturated rings. The fourth-order valence-electron chi connectivity index (χ4n) is 9.74. The van der Waals surface area contributed by atoms with Gasteiger partial charge < -0.3 is 0 Å². The van der Waals surface area contributed by atoms with Gasteiger partial charge in [0.15, 0.2) is 5.82 Å². The summed E-state index contributed by atoms with van der Waals surface area (Å²) in [5, 5.41) is 6.31. The summed E-state index contributed by atoms with van der Waals surface area (Å²) in [6.45, 7) is 7.01. The maximum absolute atomic E-state index is 5.58. The van der Waals surface area contributed by atoms with Crippen molar-refractivity contribution in [2.24, 2.45) is 0 Å². The quantitative estimate of drug-likeness (QED) is 0.124. The van der Waals surface area contributed by atoms with Crippen LogP contribution in [0.3, 0.4) is 0 Å². The van der Waals surface area contributed by atoms with Crippen molar-refractivity contribution in [1.82, 2.24) is 19.9 Å². The minimum absolute atomic E-state index is 0.214. The molecule has 2 atom stereocenters. The van der Waals surface area contributed by atoms with Crippen molar-refractivity contribution in [2.45, 2.75) is 45.4 Å². The first kappa shape index (κ1) is 36.8. The molecular weight excluding hydrogens is 741 g/mol. The fraction of sp³-hybridized carbons (Fsp3) is 0.123. The number of hydrogen-bond acceptors (Lipinski definition) is 4. The lowest BCUT2D eigenvalue weighted by atomic mass is 9.79. The first-order valence-corrected chi connectivity index (χ1v) is 21.4. The highest BCUT2D eigenvalue weighted by Crippen LogP contribution is 2.48. The highest BCUT2D eigenvalue weighted by Gasteiger charge is 2.28. The van der Waals surface area contributed by atoms with Crippen LogP contribution < -0.4 is 0 Å². The lowest BCUT2D eigenvalue weighted by Gasteiger charge is -2.28. The van der Waals surface area contributed by atoms with Gasteiger partial charge >= 0.3 is 0 Å². The molecule has 0 amide bonds. The van der Waals surface area contributed by atoms with Crippen molar-refractivity contribution < 1.29 is 0 Å². The zero-order chi connectivity index (χ0) is 41.0. The molecule has 61 heavy (non-hydrogen) atoms. The smallest absolute Gasteiger partial charge is 0.160 e. The molecule has 6 aromatic carbocycles. The van der Waals surface area contributed by atoms with Gasteiger partial charge in [0, 0.05) is 44.3 Å². The van der Waals surface area contributed by atoms with Crippen molar-refractivity contribution >= 4 is 38.5 Å². The number of nitrogens with zero attached hydrogens (tertiary/aromatic N) is 4. The van der Waals surface area contributed by atoms with E-state index in [1.54, 1.807) is 0 Å². The zero-order valence-corrected chi connectivity index (χ0v) is 34.6. The van der Waals surface area contributed by atoms with Crippen LogP contribution in [0.5, 0.6) is 0 Å². The van der Waals surface area contributed by atoms with Crippen molar-refractivity contribution in [3.05, 3.63) is 198 Å². The second-order valence-electron chi connectivity index (χ2n) is 16.6. The van der Waals surface area contributed by atoms with E-state index in [2.05, 4.69) is 185 Å². The van der Waals surface area contributed by atoms with E-state index in [4.69, 9.17) is 19.9 Å². The van der Waals surface area contributed by atoms with Crippen LogP contribution >= 0.6 is 0 Å². The van der Waals surface area contributed by atoms with Gasteiger partial charge in [-0.05, 0) is 89.4 Å². The molecule has 9 aromatic rings. The van der Waals surface area contributed by atoms with Gasteiger partial charge in [-0.25, -0.2) is 15.0 Å². The van der Waals surface area contributed by atoms with Crippen LogP contribution in [0.2, 0.25) is 0 Å². The van der Waals surface area contributed by atoms with Gasteiger partial charge in [-0.2, -0.15) is 0 Å². The maximum atomic E-state index is 5.58. The first-order valence-electron chi connectivity index (χ1n) is 21.4. The molecule has 2 unspecified atom stereocenters. The number of aryl methyl sites for hydroxylation is 2. The number of hydrogen-bond donors (Lipinski definition) is 0. The standard InChI is InChI=1S/C57H44N4/c1-35-17-16-26-46-50(35)52-37(3)53-51(36(2)54(52)56(58-46)42-24-14-7-15-25-42)45-32-31-44(33-49(45)59-55(53)41-22-12-6-13-23-41)38-27-29-43(30-28-38)57-60-47(39-18-8-4-9-19-39)34-48(61-57)40-20-10-5-11-21-40/h4-16,18-24,26-35,42H,17,25H2,1-3H3. The highest BCUT2D eigenvalue weighted by molar-refractivity contribution is 6.21. The van der Waals surface area contributed by atoms with Gasteiger partial charge in [-0.15, -0.1) is 0 Å². The second kappa shape index (κ2) is 15.1. The van der Waals surface area contributed by atoms with Crippen LogP contribution in [0.1, 0.15) is 59.7 Å². The minimum Gasteiger partial charge on any atom is -0.252 e. The van der Waals surface area contributed by atoms with Crippen molar-refractivity contribution in [3.8, 4) is 56.3 Å². The summed E-state index contributed by atoms with van der Waals surface area (Å²) in [6.07, 6.45) is 15.4. The molecule has 4 nitrogen and oxygen atoms in total. The van der Waals surface area contributed by atoms with E-state index in [0.717, 1.165) is 79.9 Å². The van der Waals surface area contributed by atoms with Crippen molar-refractivity contribution in [3.63, 3.8) is 0 Å². The first-order chi connectivity index (χ1) is 30.0. The largest absolute Gasteiger partial charge is 0.252 e. The van der Waals surface area contributed by atoms with Gasteiger partial charge in [-0.1, -0.05) is 165 Å². The number of allylic oxidation sites excluding steroid dienone is 5. The Hall–Kier alpha value is -7.30. The van der Waals surface area contributed by atoms with E-state index in [1.807, 2.05) is 12.1 Å². The molecule has 4 heteroatoms. The molecule has 0 aliphatic heterocycles. The van der Waals surface area contributed by atoms with Gasteiger partial charge in [0.1, 0.15) is 0 Å². The Balaban J connectivity index is 1.09. The number of fused-ring (bicyclic) bond motifs is 6. The predicted molar refractivity (Wildman–Crippen MR) is 254 cm³/mol. The topological polar surface area (TPSA) is 51.6 Å². The van der Waals surface area contributed by atoms with Crippen LogP contribution in [-0.4, -0.2) is 19.9 Å². The average molecular weight is 785 g/mol. The average Bonchev–Trinajstić information content (AvgIpc) is 3.33. The zero-order valence-electron chi connectivity index (χ0n) is 34.6. The summed E-state index contributed by atoms with van der Waals surface area (Å²) in [5.41, 5.74) is 16.4. The summed E-state index contributed by atoms with van der Waals surface area (Å²) in [7, 11) is 0. The molecule has 0 saturated heterocycles. The van der Waals surface area contributed by atoms with E-state index in [-0.39, 0.29) is 5.92 Å². The van der Waals surface area contributed by atoms with Gasteiger partial charge in [0.2, 0.25) is 0 Å². The molecule has 292 valence electrons. The third kappa shape index (κ3) is 6.38. The molecule has 3 aromatic heterocycles. The Bertz CT molecular complexity index is 3200. The van der Waals surface area contributed by atoms with Crippen LogP contribution in [-0.2, 0) is 0 Å². The second-order valence-corrected chi connectivity index (χ2v) is 16.6. The molecule has 2 aliphatic carbocycles. The lowest BCUT2D eigenvalue weighted by Crippen LogP contribution is -2.11. The van der Waals surface area contributed by atoms with Gasteiger partial charge in [0.25, 0.3) is 0 Å². The fourth-order valence-corrected chi connectivity index (χ4v) is 9.74. The summed E-state index contributed by atoms with van der Waals surface area (Å²) in [4.78, 5) is 21.2. The Morgan fingerprint density at radius 2 is 1.11 bits per heavy atom. The van der Waals surface area contributed by atoms with E-state index >= 15 is 0 Å². The number of benzene rings is 6. The molecule has 0 saturated carbocycles. The van der Waals surface area contributed by atoms with E-state index < -0.39 is 0 Å².